The number of aliphatic carboxylic acids is 2. The van der Waals surface area contributed by atoms with Crippen LogP contribution >= 0.6 is 0 Å². The zero-order valence-corrected chi connectivity index (χ0v) is 16.7. The van der Waals surface area contributed by atoms with E-state index < -0.39 is 24.1 Å². The minimum Gasteiger partial charge on any atom is -0.481 e. The van der Waals surface area contributed by atoms with E-state index in [1.807, 2.05) is 0 Å². The number of hydrogen-bond acceptors (Lipinski definition) is 4. The summed E-state index contributed by atoms with van der Waals surface area (Å²) in [6.45, 7) is 4.27. The maximum absolute atomic E-state index is 10.3. The van der Waals surface area contributed by atoms with Gasteiger partial charge in [0.25, 0.3) is 0 Å². The van der Waals surface area contributed by atoms with Gasteiger partial charge in [-0.1, -0.05) is 78.1 Å². The zero-order valence-electron chi connectivity index (χ0n) is 16.7. The molecule has 0 heterocycles. The number of aliphatic hydroxyl groups excluding tert-OH is 2. The fourth-order valence-corrected chi connectivity index (χ4v) is 2.57. The monoisotopic (exact) mass is 376 g/mol. The van der Waals surface area contributed by atoms with Crippen LogP contribution in [0, 0.1) is 0 Å². The lowest BCUT2D eigenvalue weighted by molar-refractivity contribution is -0.140. The molecule has 0 saturated heterocycles. The first kappa shape index (κ1) is 27.1. The molecule has 2 unspecified atom stereocenters. The van der Waals surface area contributed by atoms with Crippen molar-refractivity contribution in [3.8, 4) is 0 Å². The zero-order chi connectivity index (χ0) is 20.2. The third kappa shape index (κ3) is 25.1. The van der Waals surface area contributed by atoms with E-state index >= 15 is 0 Å². The Hall–Kier alpha value is -1.14. The summed E-state index contributed by atoms with van der Waals surface area (Å²) in [5.74, 6) is -1.83. The Bertz CT molecular complexity index is 332. The number of carboxylic acids is 2. The molecule has 6 heteroatoms. The van der Waals surface area contributed by atoms with Gasteiger partial charge in [-0.2, -0.15) is 0 Å². The molecule has 156 valence electrons. The van der Waals surface area contributed by atoms with Crippen LogP contribution in [0.25, 0.3) is 0 Å². The van der Waals surface area contributed by atoms with E-state index in [-0.39, 0.29) is 12.8 Å². The predicted molar refractivity (Wildman–Crippen MR) is 103 cm³/mol. The standard InChI is InChI=1S/C12H24O3.C8H16O3/c1-2-3-4-5-6-7-8-9-11(13)10-12(14)15;1-2-3-4-5-7(9)6-8(10)11/h11,13H,2-10H2,1H3,(H,14,15);7,9H,2-6H2,1H3,(H,10,11). The number of rotatable bonds is 16. The summed E-state index contributed by atoms with van der Waals surface area (Å²) >= 11 is 0. The van der Waals surface area contributed by atoms with Gasteiger partial charge >= 0.3 is 11.9 Å². The fraction of sp³-hybridized carbons (Fsp3) is 0.900. The number of carboxylic acid groups (broad SMARTS) is 2. The van der Waals surface area contributed by atoms with Gasteiger partial charge < -0.3 is 20.4 Å². The Morgan fingerprint density at radius 2 is 0.923 bits per heavy atom. The topological polar surface area (TPSA) is 115 Å². The Balaban J connectivity index is 0. The molecule has 0 aromatic carbocycles. The molecule has 2 atom stereocenters. The number of unbranched alkanes of at least 4 members (excludes halogenated alkanes) is 8. The highest BCUT2D eigenvalue weighted by Crippen LogP contribution is 2.10. The molecule has 26 heavy (non-hydrogen) atoms. The highest BCUT2D eigenvalue weighted by molar-refractivity contribution is 5.67. The van der Waals surface area contributed by atoms with Crippen molar-refractivity contribution in [2.75, 3.05) is 0 Å². The molecule has 0 aliphatic carbocycles. The smallest absolute Gasteiger partial charge is 0.305 e. The summed E-state index contributed by atoms with van der Waals surface area (Å²) < 4.78 is 0. The van der Waals surface area contributed by atoms with E-state index in [1.54, 1.807) is 0 Å². The molecule has 0 amide bonds. The van der Waals surface area contributed by atoms with Crippen molar-refractivity contribution in [2.24, 2.45) is 0 Å². The molecule has 4 N–H and O–H groups in total. The lowest BCUT2D eigenvalue weighted by atomic mass is 10.1. The number of aliphatic hydroxyl groups is 2. The van der Waals surface area contributed by atoms with E-state index in [0.29, 0.717) is 12.8 Å². The van der Waals surface area contributed by atoms with E-state index in [4.69, 9.17) is 15.3 Å². The Morgan fingerprint density at radius 1 is 0.615 bits per heavy atom. The molecular weight excluding hydrogens is 336 g/mol. The third-order valence-corrected chi connectivity index (χ3v) is 4.10. The van der Waals surface area contributed by atoms with Gasteiger partial charge in [-0.05, 0) is 12.8 Å². The largest absolute Gasteiger partial charge is 0.481 e. The highest BCUT2D eigenvalue weighted by atomic mass is 16.4. The van der Waals surface area contributed by atoms with Crippen LogP contribution in [0.3, 0.4) is 0 Å². The maximum atomic E-state index is 10.3. The first-order chi connectivity index (χ1) is 12.3. The van der Waals surface area contributed by atoms with Gasteiger partial charge in [0.05, 0.1) is 25.0 Å². The van der Waals surface area contributed by atoms with Crippen molar-refractivity contribution in [3.63, 3.8) is 0 Å². The summed E-state index contributed by atoms with van der Waals surface area (Å²) in [5, 5.41) is 35.0. The van der Waals surface area contributed by atoms with Crippen LogP contribution in [0.2, 0.25) is 0 Å². The molecule has 0 bridgehead atoms. The minimum absolute atomic E-state index is 0.115. The lowest BCUT2D eigenvalue weighted by Gasteiger charge is -2.06. The average molecular weight is 377 g/mol. The minimum atomic E-state index is -0.922. The molecule has 0 aromatic rings. The fourth-order valence-electron chi connectivity index (χ4n) is 2.57. The van der Waals surface area contributed by atoms with Gasteiger partial charge in [-0.15, -0.1) is 0 Å². The molecule has 0 aliphatic rings. The Kier molecular flexibility index (Phi) is 21.0. The first-order valence-electron chi connectivity index (χ1n) is 10.1. The summed E-state index contributed by atoms with van der Waals surface area (Å²) in [4.78, 5) is 20.3. The number of hydrogen-bond donors (Lipinski definition) is 4. The van der Waals surface area contributed by atoms with Crippen LogP contribution in [0.1, 0.15) is 104 Å². The second kappa shape index (κ2) is 20.2. The van der Waals surface area contributed by atoms with Crippen molar-refractivity contribution in [1.29, 1.82) is 0 Å². The van der Waals surface area contributed by atoms with Crippen molar-refractivity contribution in [1.82, 2.24) is 0 Å². The van der Waals surface area contributed by atoms with Crippen molar-refractivity contribution >= 4 is 11.9 Å². The summed E-state index contributed by atoms with van der Waals surface area (Å²) in [6, 6.07) is 0. The summed E-state index contributed by atoms with van der Waals surface area (Å²) in [5.41, 5.74) is 0. The molecule has 0 saturated carbocycles. The van der Waals surface area contributed by atoms with E-state index in [9.17, 15) is 14.7 Å². The van der Waals surface area contributed by atoms with Crippen LogP contribution in [-0.4, -0.2) is 44.6 Å². The van der Waals surface area contributed by atoms with Crippen LogP contribution in [0.4, 0.5) is 0 Å². The van der Waals surface area contributed by atoms with Gasteiger partial charge in [-0.3, -0.25) is 9.59 Å². The predicted octanol–water partition coefficient (Wildman–Crippen LogP) is 4.37. The van der Waals surface area contributed by atoms with E-state index in [1.165, 1.54) is 32.1 Å². The molecule has 6 nitrogen and oxygen atoms in total. The van der Waals surface area contributed by atoms with Crippen LogP contribution < -0.4 is 0 Å². The molecule has 0 radical (unpaired) electrons. The van der Waals surface area contributed by atoms with Gasteiger partial charge in [-0.25, -0.2) is 0 Å². The molecule has 0 spiro atoms. The van der Waals surface area contributed by atoms with Gasteiger partial charge in [0.1, 0.15) is 0 Å². The quantitative estimate of drug-likeness (QED) is 0.297. The second-order valence-corrected chi connectivity index (χ2v) is 6.91. The Labute approximate surface area is 158 Å². The second-order valence-electron chi connectivity index (χ2n) is 6.91. The first-order valence-corrected chi connectivity index (χ1v) is 10.1. The molecule has 0 rings (SSSR count). The normalized spacial score (nSPS) is 12.8. The molecular formula is C20H40O6. The maximum Gasteiger partial charge on any atom is 0.305 e. The van der Waals surface area contributed by atoms with Crippen LogP contribution in [-0.2, 0) is 9.59 Å². The van der Waals surface area contributed by atoms with Gasteiger partial charge in [0, 0.05) is 0 Å². The average Bonchev–Trinajstić information content (AvgIpc) is 2.53. The summed E-state index contributed by atoms with van der Waals surface area (Å²) in [7, 11) is 0. The van der Waals surface area contributed by atoms with Gasteiger partial charge in [0.15, 0.2) is 0 Å². The molecule has 0 fully saturated rings. The number of carbonyl (C=O) groups is 2. The Morgan fingerprint density at radius 3 is 1.31 bits per heavy atom. The van der Waals surface area contributed by atoms with Crippen molar-refractivity contribution < 1.29 is 30.0 Å². The SMILES string of the molecule is CCCCCC(O)CC(=O)O.CCCCCCCCCC(O)CC(=O)O. The van der Waals surface area contributed by atoms with Crippen LogP contribution in [0.5, 0.6) is 0 Å². The lowest BCUT2D eigenvalue weighted by Crippen LogP contribution is -2.12. The van der Waals surface area contributed by atoms with Crippen LogP contribution in [0.15, 0.2) is 0 Å². The van der Waals surface area contributed by atoms with Crippen molar-refractivity contribution in [3.05, 3.63) is 0 Å². The van der Waals surface area contributed by atoms with E-state index in [0.717, 1.165) is 32.1 Å². The summed E-state index contributed by atoms with van der Waals surface area (Å²) in [6.07, 6.45) is 11.2. The highest BCUT2D eigenvalue weighted by Gasteiger charge is 2.08. The van der Waals surface area contributed by atoms with E-state index in [2.05, 4.69) is 13.8 Å². The van der Waals surface area contributed by atoms with Gasteiger partial charge in [0.2, 0.25) is 0 Å². The molecule has 0 aliphatic heterocycles. The van der Waals surface area contributed by atoms with Crippen molar-refractivity contribution in [2.45, 2.75) is 116 Å². The molecule has 0 aromatic heterocycles. The third-order valence-electron chi connectivity index (χ3n) is 4.10.